The first-order chi connectivity index (χ1) is 6.15. The van der Waals surface area contributed by atoms with Gasteiger partial charge in [-0.05, 0) is 13.0 Å². The zero-order valence-corrected chi connectivity index (χ0v) is 9.13. The monoisotopic (exact) mass is 218 g/mol. The van der Waals surface area contributed by atoms with Gasteiger partial charge < -0.3 is 15.0 Å². The lowest BCUT2D eigenvalue weighted by Gasteiger charge is -2.07. The molecule has 1 aromatic rings. The predicted octanol–water partition coefficient (Wildman–Crippen LogP) is 0.453. The Morgan fingerprint density at radius 2 is 2.14 bits per heavy atom. The van der Waals surface area contributed by atoms with Gasteiger partial charge in [-0.25, -0.2) is 0 Å². The molecule has 1 aromatic heterocycles. The molecule has 14 heavy (non-hydrogen) atoms. The first-order valence-electron chi connectivity index (χ1n) is 4.15. The minimum Gasteiger partial charge on any atom is -0.492 e. The largest absolute Gasteiger partial charge is 0.492 e. The first kappa shape index (κ1) is 13.0. The van der Waals surface area contributed by atoms with Crippen LogP contribution in [0, 0.1) is 6.92 Å². The zero-order chi connectivity index (χ0) is 9.84. The van der Waals surface area contributed by atoms with Gasteiger partial charge in [-0.2, -0.15) is 0 Å². The van der Waals surface area contributed by atoms with Gasteiger partial charge >= 0.3 is 0 Å². The number of rotatable bonds is 3. The molecule has 5 heteroatoms. The number of aryl methyl sites for hydroxylation is 1. The molecule has 1 heterocycles. The molecule has 4 nitrogen and oxygen atoms in total. The van der Waals surface area contributed by atoms with E-state index in [0.717, 1.165) is 5.69 Å². The van der Waals surface area contributed by atoms with Crippen molar-refractivity contribution >= 4 is 12.4 Å². The quantitative estimate of drug-likeness (QED) is 0.802. The van der Waals surface area contributed by atoms with E-state index in [1.165, 1.54) is 6.07 Å². The summed E-state index contributed by atoms with van der Waals surface area (Å²) in [6.07, 6.45) is 0. The summed E-state index contributed by atoms with van der Waals surface area (Å²) in [6, 6.07) is 3.28. The molecular formula is C9H15ClN2O2. The molecule has 0 atom stereocenters. The van der Waals surface area contributed by atoms with Gasteiger partial charge in [0, 0.05) is 25.4 Å². The number of nitrogens with zero attached hydrogens (tertiary/aromatic N) is 1. The summed E-state index contributed by atoms with van der Waals surface area (Å²) < 4.78 is 6.80. The van der Waals surface area contributed by atoms with Crippen LogP contribution in [0.2, 0.25) is 0 Å². The van der Waals surface area contributed by atoms with Crippen molar-refractivity contribution in [3.63, 3.8) is 0 Å². The van der Waals surface area contributed by atoms with E-state index in [4.69, 9.17) is 10.5 Å². The van der Waals surface area contributed by atoms with E-state index in [0.29, 0.717) is 18.9 Å². The summed E-state index contributed by atoms with van der Waals surface area (Å²) in [5.74, 6) is 0.589. The van der Waals surface area contributed by atoms with Crippen LogP contribution in [0.3, 0.4) is 0 Å². The molecule has 0 aliphatic carbocycles. The number of pyridine rings is 1. The Balaban J connectivity index is 0.00000169. The van der Waals surface area contributed by atoms with Crippen LogP contribution in [0.5, 0.6) is 5.75 Å². The van der Waals surface area contributed by atoms with Gasteiger partial charge in [0.2, 0.25) is 0 Å². The van der Waals surface area contributed by atoms with Crippen LogP contribution in [0.15, 0.2) is 16.9 Å². The van der Waals surface area contributed by atoms with Crippen LogP contribution >= 0.6 is 12.4 Å². The summed E-state index contributed by atoms with van der Waals surface area (Å²) in [4.78, 5) is 11.3. The van der Waals surface area contributed by atoms with Gasteiger partial charge in [-0.1, -0.05) is 0 Å². The summed E-state index contributed by atoms with van der Waals surface area (Å²) >= 11 is 0. The number of ether oxygens (including phenoxy) is 1. The summed E-state index contributed by atoms with van der Waals surface area (Å²) in [5, 5.41) is 0. The maximum atomic E-state index is 11.3. The summed E-state index contributed by atoms with van der Waals surface area (Å²) in [6.45, 7) is 2.75. The molecule has 0 saturated heterocycles. The number of hydrogen-bond acceptors (Lipinski definition) is 3. The molecule has 0 unspecified atom stereocenters. The average Bonchev–Trinajstić information content (AvgIpc) is 2.10. The molecule has 0 radical (unpaired) electrons. The number of hydrogen-bond donors (Lipinski definition) is 1. The first-order valence-corrected chi connectivity index (χ1v) is 4.15. The van der Waals surface area contributed by atoms with Crippen molar-refractivity contribution in [1.29, 1.82) is 0 Å². The lowest BCUT2D eigenvalue weighted by atomic mass is 10.3. The molecule has 1 rings (SSSR count). The highest BCUT2D eigenvalue weighted by atomic mass is 35.5. The van der Waals surface area contributed by atoms with Crippen molar-refractivity contribution in [1.82, 2.24) is 4.57 Å². The molecular weight excluding hydrogens is 204 g/mol. The molecule has 0 saturated carbocycles. The lowest BCUT2D eigenvalue weighted by molar-refractivity contribution is 0.326. The molecule has 0 aliphatic heterocycles. The van der Waals surface area contributed by atoms with Crippen LogP contribution in [-0.4, -0.2) is 17.7 Å². The molecule has 0 bridgehead atoms. The van der Waals surface area contributed by atoms with Gasteiger partial charge in [0.1, 0.15) is 12.4 Å². The fourth-order valence-corrected chi connectivity index (χ4v) is 0.997. The average molecular weight is 219 g/mol. The Hall–Kier alpha value is -1.00. The minimum atomic E-state index is -0.0629. The van der Waals surface area contributed by atoms with Crippen LogP contribution in [0.25, 0.3) is 0 Å². The van der Waals surface area contributed by atoms with E-state index in [2.05, 4.69) is 0 Å². The number of aromatic nitrogens is 1. The van der Waals surface area contributed by atoms with Crippen LogP contribution in [0.4, 0.5) is 0 Å². The SMILES string of the molecule is Cc1cc(OCCN)cc(=O)n1C.Cl. The van der Waals surface area contributed by atoms with E-state index in [1.807, 2.05) is 13.0 Å². The van der Waals surface area contributed by atoms with Crippen LogP contribution in [0.1, 0.15) is 5.69 Å². The smallest absolute Gasteiger partial charge is 0.254 e. The van der Waals surface area contributed by atoms with Gasteiger partial charge in [-0.3, -0.25) is 4.79 Å². The third kappa shape index (κ3) is 3.05. The van der Waals surface area contributed by atoms with E-state index in [1.54, 1.807) is 11.6 Å². The second kappa shape index (κ2) is 5.67. The third-order valence-electron chi connectivity index (χ3n) is 1.86. The second-order valence-corrected chi connectivity index (χ2v) is 2.87. The van der Waals surface area contributed by atoms with Crippen molar-refractivity contribution in [2.45, 2.75) is 6.92 Å². The topological polar surface area (TPSA) is 57.2 Å². The van der Waals surface area contributed by atoms with Crippen molar-refractivity contribution < 1.29 is 4.74 Å². The normalized spacial score (nSPS) is 9.36. The van der Waals surface area contributed by atoms with Gasteiger partial charge in [0.25, 0.3) is 5.56 Å². The predicted molar refractivity (Wildman–Crippen MR) is 58.2 cm³/mol. The highest BCUT2D eigenvalue weighted by Gasteiger charge is 1.99. The number of nitrogens with two attached hydrogens (primary N) is 1. The Morgan fingerprint density at radius 3 is 2.64 bits per heavy atom. The number of halogens is 1. The van der Waals surface area contributed by atoms with E-state index < -0.39 is 0 Å². The Labute approximate surface area is 89.1 Å². The molecule has 2 N–H and O–H groups in total. The van der Waals surface area contributed by atoms with E-state index in [9.17, 15) is 4.79 Å². The maximum absolute atomic E-state index is 11.3. The lowest BCUT2D eigenvalue weighted by Crippen LogP contribution is -2.19. The fourth-order valence-electron chi connectivity index (χ4n) is 0.997. The molecule has 0 amide bonds. The summed E-state index contributed by atoms with van der Waals surface area (Å²) in [5.41, 5.74) is 6.09. The Bertz CT molecular complexity index is 349. The highest BCUT2D eigenvalue weighted by molar-refractivity contribution is 5.85. The molecule has 80 valence electrons. The highest BCUT2D eigenvalue weighted by Crippen LogP contribution is 2.08. The van der Waals surface area contributed by atoms with Crippen LogP contribution in [-0.2, 0) is 7.05 Å². The third-order valence-corrected chi connectivity index (χ3v) is 1.86. The van der Waals surface area contributed by atoms with Gasteiger partial charge in [-0.15, -0.1) is 12.4 Å². The molecule has 0 spiro atoms. The van der Waals surface area contributed by atoms with Crippen molar-refractivity contribution in [3.8, 4) is 5.75 Å². The minimum absolute atomic E-state index is 0. The molecule has 0 aromatic carbocycles. The Morgan fingerprint density at radius 1 is 1.50 bits per heavy atom. The molecule has 0 fully saturated rings. The van der Waals surface area contributed by atoms with E-state index in [-0.39, 0.29) is 18.0 Å². The van der Waals surface area contributed by atoms with E-state index >= 15 is 0 Å². The van der Waals surface area contributed by atoms with Crippen molar-refractivity contribution in [3.05, 3.63) is 28.2 Å². The van der Waals surface area contributed by atoms with Crippen molar-refractivity contribution in [2.24, 2.45) is 12.8 Å². The zero-order valence-electron chi connectivity index (χ0n) is 8.32. The van der Waals surface area contributed by atoms with Crippen LogP contribution < -0.4 is 16.0 Å². The Kier molecular flexibility index (Phi) is 5.27. The molecule has 0 aliphatic rings. The van der Waals surface area contributed by atoms with Gasteiger partial charge in [0.15, 0.2) is 0 Å². The second-order valence-electron chi connectivity index (χ2n) is 2.87. The maximum Gasteiger partial charge on any atom is 0.254 e. The van der Waals surface area contributed by atoms with Crippen molar-refractivity contribution in [2.75, 3.05) is 13.2 Å². The van der Waals surface area contributed by atoms with Gasteiger partial charge in [0.05, 0.1) is 0 Å². The standard InChI is InChI=1S/C9H14N2O2.ClH/c1-7-5-8(13-4-3-10)6-9(12)11(7)2;/h5-6H,3-4,10H2,1-2H3;1H. The summed E-state index contributed by atoms with van der Waals surface area (Å²) in [7, 11) is 1.73. The fraction of sp³-hybridized carbons (Fsp3) is 0.444.